The van der Waals surface area contributed by atoms with Crippen molar-refractivity contribution in [2.45, 2.75) is 26.4 Å². The number of aromatic nitrogens is 2. The fourth-order valence-corrected chi connectivity index (χ4v) is 4.51. The van der Waals surface area contributed by atoms with E-state index in [2.05, 4.69) is 20.8 Å². The Labute approximate surface area is 204 Å². The Kier molecular flexibility index (Phi) is 6.34. The number of hydrogen-bond acceptors (Lipinski definition) is 5. The summed E-state index contributed by atoms with van der Waals surface area (Å²) in [5.74, 6) is 0.0730. The molecule has 170 valence electrons. The summed E-state index contributed by atoms with van der Waals surface area (Å²) in [6, 6.07) is 14.0. The average Bonchev–Trinajstić information content (AvgIpc) is 3.33. The first-order valence-electron chi connectivity index (χ1n) is 9.93. The Morgan fingerprint density at radius 3 is 2.55 bits per heavy atom. The predicted octanol–water partition coefficient (Wildman–Crippen LogP) is 7.20. The smallest absolute Gasteiger partial charge is 0.412 e. The van der Waals surface area contributed by atoms with E-state index in [0.29, 0.717) is 32.1 Å². The van der Waals surface area contributed by atoms with Crippen molar-refractivity contribution in [1.29, 1.82) is 0 Å². The first kappa shape index (κ1) is 23.1. The standard InChI is InChI=1S/C23H20Cl2N4O3S/c1-23(2,3)32-22(31)26-14-5-7-18-12(8-14)9-19(33-18)21(30)27-20-11-17(28-29-20)15-6-4-13(24)10-16(15)25/h4-11H,1-3H3,(H,26,31)(H2,27,28,29,30). The highest BCUT2D eigenvalue weighted by molar-refractivity contribution is 7.20. The van der Waals surface area contributed by atoms with Crippen LogP contribution in [-0.4, -0.2) is 27.8 Å². The molecule has 3 N–H and O–H groups in total. The maximum absolute atomic E-state index is 12.8. The van der Waals surface area contributed by atoms with E-state index in [0.717, 1.165) is 15.6 Å². The molecule has 0 spiro atoms. The number of benzene rings is 2. The predicted molar refractivity (Wildman–Crippen MR) is 134 cm³/mol. The van der Waals surface area contributed by atoms with Gasteiger partial charge in [-0.05, 0) is 68.6 Å². The van der Waals surface area contributed by atoms with E-state index in [4.69, 9.17) is 27.9 Å². The number of fused-ring (bicyclic) bond motifs is 1. The highest BCUT2D eigenvalue weighted by Gasteiger charge is 2.17. The number of carbonyl (C=O) groups is 2. The number of halogens is 2. The highest BCUT2D eigenvalue weighted by atomic mass is 35.5. The second kappa shape index (κ2) is 9.05. The number of anilines is 2. The Morgan fingerprint density at radius 2 is 1.82 bits per heavy atom. The number of aromatic amines is 1. The topological polar surface area (TPSA) is 96.1 Å². The quantitative estimate of drug-likeness (QED) is 0.275. The van der Waals surface area contributed by atoms with E-state index in [9.17, 15) is 9.59 Å². The molecule has 2 heterocycles. The van der Waals surface area contributed by atoms with Crippen LogP contribution in [0.5, 0.6) is 0 Å². The molecule has 0 fully saturated rings. The summed E-state index contributed by atoms with van der Waals surface area (Å²) in [4.78, 5) is 25.3. The number of carbonyl (C=O) groups excluding carboxylic acids is 2. The second-order valence-electron chi connectivity index (χ2n) is 8.24. The molecule has 0 saturated carbocycles. The van der Waals surface area contributed by atoms with Crippen LogP contribution >= 0.6 is 34.5 Å². The van der Waals surface area contributed by atoms with Gasteiger partial charge in [-0.1, -0.05) is 23.2 Å². The van der Waals surface area contributed by atoms with Gasteiger partial charge in [-0.3, -0.25) is 15.2 Å². The van der Waals surface area contributed by atoms with Crippen molar-refractivity contribution in [2.24, 2.45) is 0 Å². The Bertz CT molecular complexity index is 1360. The van der Waals surface area contributed by atoms with E-state index >= 15 is 0 Å². The fraction of sp³-hybridized carbons (Fsp3) is 0.174. The fourth-order valence-electron chi connectivity index (χ4n) is 3.06. The summed E-state index contributed by atoms with van der Waals surface area (Å²) in [6.45, 7) is 5.39. The number of thiophene rings is 1. The molecular formula is C23H20Cl2N4O3S. The maximum Gasteiger partial charge on any atom is 0.412 e. The van der Waals surface area contributed by atoms with Crippen molar-refractivity contribution in [3.8, 4) is 11.3 Å². The number of H-pyrrole nitrogens is 1. The summed E-state index contributed by atoms with van der Waals surface area (Å²) in [6.07, 6.45) is -0.537. The van der Waals surface area contributed by atoms with E-state index in [-0.39, 0.29) is 5.91 Å². The van der Waals surface area contributed by atoms with Gasteiger partial charge < -0.3 is 10.1 Å². The molecule has 0 saturated heterocycles. The van der Waals surface area contributed by atoms with Gasteiger partial charge >= 0.3 is 6.09 Å². The molecule has 4 aromatic rings. The van der Waals surface area contributed by atoms with E-state index in [1.165, 1.54) is 11.3 Å². The number of hydrogen-bond donors (Lipinski definition) is 3. The van der Waals surface area contributed by atoms with E-state index in [1.54, 1.807) is 63.2 Å². The molecule has 2 aromatic heterocycles. The zero-order chi connectivity index (χ0) is 23.8. The average molecular weight is 503 g/mol. The molecule has 2 aromatic carbocycles. The molecule has 4 rings (SSSR count). The van der Waals surface area contributed by atoms with Gasteiger partial charge in [0, 0.05) is 27.0 Å². The van der Waals surface area contributed by atoms with Gasteiger partial charge in [0.05, 0.1) is 15.6 Å². The molecule has 7 nitrogen and oxygen atoms in total. The minimum atomic E-state index is -0.590. The molecule has 0 atom stereocenters. The highest BCUT2D eigenvalue weighted by Crippen LogP contribution is 2.31. The Balaban J connectivity index is 1.47. The van der Waals surface area contributed by atoms with Crippen LogP contribution in [0.25, 0.3) is 21.3 Å². The Morgan fingerprint density at radius 1 is 1.03 bits per heavy atom. The molecule has 0 aliphatic rings. The van der Waals surface area contributed by atoms with Crippen molar-refractivity contribution >= 4 is 68.1 Å². The second-order valence-corrected chi connectivity index (χ2v) is 10.2. The lowest BCUT2D eigenvalue weighted by Crippen LogP contribution is -2.27. The van der Waals surface area contributed by atoms with Crippen LogP contribution in [0.4, 0.5) is 16.3 Å². The number of rotatable bonds is 4. The molecule has 10 heteroatoms. The van der Waals surface area contributed by atoms with Gasteiger partial charge in [0.2, 0.25) is 0 Å². The largest absolute Gasteiger partial charge is 0.444 e. The van der Waals surface area contributed by atoms with Gasteiger partial charge in [0.1, 0.15) is 5.60 Å². The van der Waals surface area contributed by atoms with Crippen molar-refractivity contribution in [1.82, 2.24) is 10.2 Å². The molecule has 0 radical (unpaired) electrons. The number of nitrogens with zero attached hydrogens (tertiary/aromatic N) is 1. The van der Waals surface area contributed by atoms with Crippen LogP contribution in [-0.2, 0) is 4.74 Å². The minimum Gasteiger partial charge on any atom is -0.444 e. The van der Waals surface area contributed by atoms with Crippen LogP contribution in [0, 0.1) is 0 Å². The van der Waals surface area contributed by atoms with Crippen LogP contribution < -0.4 is 10.6 Å². The lowest BCUT2D eigenvalue weighted by molar-refractivity contribution is 0.0635. The summed E-state index contributed by atoms with van der Waals surface area (Å²) in [5.41, 5.74) is 1.37. The SMILES string of the molecule is CC(C)(C)OC(=O)Nc1ccc2sc(C(=O)Nc3cc(-c4ccc(Cl)cc4Cl)[nH]n3)cc2c1. The normalized spacial score (nSPS) is 11.4. The molecule has 0 aliphatic heterocycles. The zero-order valence-corrected chi connectivity index (χ0v) is 20.3. The Hall–Kier alpha value is -3.07. The van der Waals surface area contributed by atoms with Gasteiger partial charge in [-0.25, -0.2) is 4.79 Å². The van der Waals surface area contributed by atoms with Crippen LogP contribution in [0.3, 0.4) is 0 Å². The minimum absolute atomic E-state index is 0.293. The first-order chi connectivity index (χ1) is 15.6. The summed E-state index contributed by atoms with van der Waals surface area (Å²) in [5, 5.41) is 14.3. The first-order valence-corrected chi connectivity index (χ1v) is 11.5. The lowest BCUT2D eigenvalue weighted by atomic mass is 10.1. The van der Waals surface area contributed by atoms with Crippen molar-refractivity contribution in [3.63, 3.8) is 0 Å². The molecule has 33 heavy (non-hydrogen) atoms. The van der Waals surface area contributed by atoms with Crippen molar-refractivity contribution < 1.29 is 14.3 Å². The number of ether oxygens (including phenoxy) is 1. The third-order valence-corrected chi connectivity index (χ3v) is 6.09. The third kappa shape index (κ3) is 5.65. The van der Waals surface area contributed by atoms with Crippen LogP contribution in [0.2, 0.25) is 10.0 Å². The van der Waals surface area contributed by atoms with E-state index in [1.807, 2.05) is 6.07 Å². The van der Waals surface area contributed by atoms with Crippen molar-refractivity contribution in [3.05, 3.63) is 63.5 Å². The van der Waals surface area contributed by atoms with Crippen LogP contribution in [0.15, 0.2) is 48.5 Å². The zero-order valence-electron chi connectivity index (χ0n) is 18.0. The van der Waals surface area contributed by atoms with Gasteiger partial charge in [0.25, 0.3) is 5.91 Å². The molecular weight excluding hydrogens is 483 g/mol. The van der Waals surface area contributed by atoms with Crippen LogP contribution in [0.1, 0.15) is 30.4 Å². The molecule has 0 bridgehead atoms. The lowest BCUT2D eigenvalue weighted by Gasteiger charge is -2.19. The molecule has 0 unspecified atom stereocenters. The summed E-state index contributed by atoms with van der Waals surface area (Å²) < 4.78 is 6.18. The van der Waals surface area contributed by atoms with Crippen molar-refractivity contribution in [2.75, 3.05) is 10.6 Å². The van der Waals surface area contributed by atoms with E-state index < -0.39 is 11.7 Å². The summed E-state index contributed by atoms with van der Waals surface area (Å²) in [7, 11) is 0. The van der Waals surface area contributed by atoms with Gasteiger partial charge in [-0.2, -0.15) is 5.10 Å². The monoisotopic (exact) mass is 502 g/mol. The van der Waals surface area contributed by atoms with Gasteiger partial charge in [0.15, 0.2) is 5.82 Å². The third-order valence-electron chi connectivity index (χ3n) is 4.43. The summed E-state index contributed by atoms with van der Waals surface area (Å²) >= 11 is 13.5. The number of nitrogens with one attached hydrogen (secondary N) is 3. The molecule has 0 aliphatic carbocycles. The maximum atomic E-state index is 12.8. The number of amides is 2. The molecule has 2 amide bonds. The van der Waals surface area contributed by atoms with Gasteiger partial charge in [-0.15, -0.1) is 11.3 Å².